The van der Waals surface area contributed by atoms with E-state index in [1.54, 1.807) is 51.1 Å². The van der Waals surface area contributed by atoms with Gasteiger partial charge in [-0.15, -0.1) is 0 Å². The zero-order chi connectivity index (χ0) is 16.2. The van der Waals surface area contributed by atoms with E-state index in [1.165, 1.54) is 12.5 Å². The molecule has 1 heterocycles. The summed E-state index contributed by atoms with van der Waals surface area (Å²) >= 11 is 0. The highest BCUT2D eigenvalue weighted by molar-refractivity contribution is 6.04. The predicted octanol–water partition coefficient (Wildman–Crippen LogP) is 3.88. The van der Waals surface area contributed by atoms with Gasteiger partial charge < -0.3 is 14.5 Å². The molecule has 22 heavy (non-hydrogen) atoms. The third-order valence-corrected chi connectivity index (χ3v) is 2.57. The molecule has 6 nitrogen and oxygen atoms in total. The van der Waals surface area contributed by atoms with Crippen LogP contribution in [-0.2, 0) is 4.74 Å². The summed E-state index contributed by atoms with van der Waals surface area (Å²) in [5.74, 6) is -0.262. The molecular weight excluding hydrogens is 284 g/mol. The molecule has 1 aromatic carbocycles. The van der Waals surface area contributed by atoms with Crippen LogP contribution < -0.4 is 10.6 Å². The number of nitrogens with one attached hydrogen (secondary N) is 2. The van der Waals surface area contributed by atoms with Gasteiger partial charge >= 0.3 is 6.09 Å². The number of hydrogen-bond donors (Lipinski definition) is 2. The molecule has 0 atom stereocenters. The van der Waals surface area contributed by atoms with Gasteiger partial charge in [-0.05, 0) is 51.1 Å². The maximum Gasteiger partial charge on any atom is 0.412 e. The molecule has 0 spiro atoms. The third-order valence-electron chi connectivity index (χ3n) is 2.57. The fraction of sp³-hybridized carbons (Fsp3) is 0.250. The first-order valence-electron chi connectivity index (χ1n) is 6.77. The molecule has 2 aromatic rings. The number of anilines is 2. The number of benzene rings is 1. The Hall–Kier alpha value is -2.76. The highest BCUT2D eigenvalue weighted by Crippen LogP contribution is 2.16. The average Bonchev–Trinajstić information content (AvgIpc) is 2.92. The van der Waals surface area contributed by atoms with Gasteiger partial charge in [0.15, 0.2) is 0 Å². The monoisotopic (exact) mass is 302 g/mol. The van der Waals surface area contributed by atoms with Gasteiger partial charge in [0.1, 0.15) is 11.9 Å². The van der Waals surface area contributed by atoms with Gasteiger partial charge in [-0.2, -0.15) is 0 Å². The van der Waals surface area contributed by atoms with E-state index < -0.39 is 11.7 Å². The number of amides is 2. The number of carbonyl (C=O) groups is 2. The Kier molecular flexibility index (Phi) is 4.50. The van der Waals surface area contributed by atoms with E-state index in [0.717, 1.165) is 0 Å². The van der Waals surface area contributed by atoms with Crippen molar-refractivity contribution in [3.05, 3.63) is 48.4 Å². The minimum atomic E-state index is -0.553. The van der Waals surface area contributed by atoms with Crippen LogP contribution in [0.4, 0.5) is 16.2 Å². The molecule has 0 saturated carbocycles. The first-order chi connectivity index (χ1) is 10.3. The van der Waals surface area contributed by atoms with Crippen LogP contribution in [0, 0.1) is 0 Å². The second kappa shape index (κ2) is 6.34. The molecule has 1 aromatic heterocycles. The molecule has 0 bridgehead atoms. The molecule has 116 valence electrons. The molecule has 0 aliphatic heterocycles. The molecular formula is C16H18N2O4. The number of ether oxygens (including phenoxy) is 1. The maximum atomic E-state index is 11.8. The lowest BCUT2D eigenvalue weighted by Gasteiger charge is -2.19. The molecule has 0 fully saturated rings. The smallest absolute Gasteiger partial charge is 0.412 e. The quantitative estimate of drug-likeness (QED) is 0.901. The Balaban J connectivity index is 1.93. The van der Waals surface area contributed by atoms with Crippen molar-refractivity contribution in [1.82, 2.24) is 0 Å². The first kappa shape index (κ1) is 15.6. The molecule has 0 radical (unpaired) electrons. The Morgan fingerprint density at radius 3 is 2.09 bits per heavy atom. The summed E-state index contributed by atoms with van der Waals surface area (Å²) in [6.07, 6.45) is 2.28. The molecule has 0 saturated heterocycles. The molecule has 0 unspecified atom stereocenters. The number of hydrogen-bond acceptors (Lipinski definition) is 4. The molecule has 0 aliphatic carbocycles. The summed E-state index contributed by atoms with van der Waals surface area (Å²) in [4.78, 5) is 23.5. The fourth-order valence-corrected chi connectivity index (χ4v) is 1.66. The largest absolute Gasteiger partial charge is 0.472 e. The van der Waals surface area contributed by atoms with Gasteiger partial charge in [-0.1, -0.05) is 0 Å². The van der Waals surface area contributed by atoms with Crippen molar-refractivity contribution in [3.8, 4) is 0 Å². The van der Waals surface area contributed by atoms with E-state index in [0.29, 0.717) is 16.9 Å². The van der Waals surface area contributed by atoms with Crippen molar-refractivity contribution in [1.29, 1.82) is 0 Å². The Bertz CT molecular complexity index is 640. The summed E-state index contributed by atoms with van der Waals surface area (Å²) in [6.45, 7) is 5.38. The van der Waals surface area contributed by atoms with E-state index in [4.69, 9.17) is 9.15 Å². The van der Waals surface area contributed by atoms with E-state index in [1.807, 2.05) is 0 Å². The van der Waals surface area contributed by atoms with Crippen molar-refractivity contribution < 1.29 is 18.7 Å². The van der Waals surface area contributed by atoms with E-state index >= 15 is 0 Å². The van der Waals surface area contributed by atoms with Crippen molar-refractivity contribution in [2.75, 3.05) is 10.6 Å². The van der Waals surface area contributed by atoms with Gasteiger partial charge in [0.05, 0.1) is 11.8 Å². The highest BCUT2D eigenvalue weighted by Gasteiger charge is 2.16. The molecule has 6 heteroatoms. The normalized spacial score (nSPS) is 10.9. The van der Waals surface area contributed by atoms with Gasteiger partial charge in [-0.25, -0.2) is 4.79 Å². The zero-order valence-electron chi connectivity index (χ0n) is 12.7. The zero-order valence-corrected chi connectivity index (χ0v) is 12.7. The van der Waals surface area contributed by atoms with Crippen molar-refractivity contribution in [2.24, 2.45) is 0 Å². The first-order valence-corrected chi connectivity index (χ1v) is 6.77. The van der Waals surface area contributed by atoms with E-state index in [-0.39, 0.29) is 5.91 Å². The summed E-state index contributed by atoms with van der Waals surface area (Å²) in [5, 5.41) is 5.34. The fourth-order valence-electron chi connectivity index (χ4n) is 1.66. The Morgan fingerprint density at radius 2 is 1.59 bits per heavy atom. The van der Waals surface area contributed by atoms with Crippen LogP contribution in [0.2, 0.25) is 0 Å². The van der Waals surface area contributed by atoms with Crippen LogP contribution >= 0.6 is 0 Å². The second-order valence-electron chi connectivity index (χ2n) is 5.67. The standard InChI is InChI=1S/C16H18N2O4/c1-16(2,3)22-15(20)18-13-6-4-12(5-7-13)17-14(19)11-8-9-21-10-11/h4-10H,1-3H3,(H,17,19)(H,18,20). The van der Waals surface area contributed by atoms with Crippen molar-refractivity contribution in [2.45, 2.75) is 26.4 Å². The Morgan fingerprint density at radius 1 is 1.00 bits per heavy atom. The summed E-state index contributed by atoms with van der Waals surface area (Å²) in [6, 6.07) is 8.30. The summed E-state index contributed by atoms with van der Waals surface area (Å²) in [7, 11) is 0. The molecule has 0 aliphatic rings. The van der Waals surface area contributed by atoms with Gasteiger partial charge in [0.2, 0.25) is 0 Å². The van der Waals surface area contributed by atoms with Crippen LogP contribution in [0.5, 0.6) is 0 Å². The average molecular weight is 302 g/mol. The van der Waals surface area contributed by atoms with Gasteiger partial charge in [0.25, 0.3) is 5.91 Å². The lowest BCUT2D eigenvalue weighted by atomic mass is 10.2. The number of carbonyl (C=O) groups excluding carboxylic acids is 2. The SMILES string of the molecule is CC(C)(C)OC(=O)Nc1ccc(NC(=O)c2ccoc2)cc1. The van der Waals surface area contributed by atoms with Gasteiger partial charge in [0, 0.05) is 11.4 Å². The highest BCUT2D eigenvalue weighted by atomic mass is 16.6. The van der Waals surface area contributed by atoms with Crippen LogP contribution in [0.1, 0.15) is 31.1 Å². The minimum absolute atomic E-state index is 0.262. The lowest BCUT2D eigenvalue weighted by Crippen LogP contribution is -2.27. The topological polar surface area (TPSA) is 80.6 Å². The molecule has 2 N–H and O–H groups in total. The lowest BCUT2D eigenvalue weighted by molar-refractivity contribution is 0.0635. The van der Waals surface area contributed by atoms with E-state index in [2.05, 4.69) is 10.6 Å². The Labute approximate surface area is 128 Å². The van der Waals surface area contributed by atoms with E-state index in [9.17, 15) is 9.59 Å². The van der Waals surface area contributed by atoms with Crippen LogP contribution in [0.3, 0.4) is 0 Å². The van der Waals surface area contributed by atoms with Gasteiger partial charge in [-0.3, -0.25) is 10.1 Å². The number of rotatable bonds is 3. The van der Waals surface area contributed by atoms with Crippen LogP contribution in [-0.4, -0.2) is 17.6 Å². The molecule has 2 amide bonds. The predicted molar refractivity (Wildman–Crippen MR) is 83.0 cm³/mol. The summed E-state index contributed by atoms with van der Waals surface area (Å²) < 4.78 is 10.0. The second-order valence-corrected chi connectivity index (χ2v) is 5.67. The third kappa shape index (κ3) is 4.66. The van der Waals surface area contributed by atoms with Crippen LogP contribution in [0.15, 0.2) is 47.3 Å². The summed E-state index contributed by atoms with van der Waals surface area (Å²) in [5.41, 5.74) is 1.08. The maximum absolute atomic E-state index is 11.8. The number of furan rings is 1. The van der Waals surface area contributed by atoms with Crippen molar-refractivity contribution >= 4 is 23.4 Å². The molecule has 2 rings (SSSR count). The minimum Gasteiger partial charge on any atom is -0.472 e. The van der Waals surface area contributed by atoms with Crippen molar-refractivity contribution in [3.63, 3.8) is 0 Å². The van der Waals surface area contributed by atoms with Crippen LogP contribution in [0.25, 0.3) is 0 Å².